The van der Waals surface area contributed by atoms with Crippen LogP contribution in [-0.4, -0.2) is 25.8 Å². The van der Waals surface area contributed by atoms with Crippen molar-refractivity contribution in [3.05, 3.63) is 39.4 Å². The Kier molecular flexibility index (Phi) is 3.06. The van der Waals surface area contributed by atoms with Crippen molar-refractivity contribution in [1.29, 1.82) is 0 Å². The standard InChI is InChI=1S/C11H11BrN4O/c1-6-4-7(2)8(13-5-6)10(17)9-11(12)14-15-16(9)3/h4-5H,1-3H3. The van der Waals surface area contributed by atoms with Gasteiger partial charge in [-0.15, -0.1) is 5.10 Å². The highest BCUT2D eigenvalue weighted by atomic mass is 79.9. The molecule has 0 aliphatic heterocycles. The van der Waals surface area contributed by atoms with Gasteiger partial charge in [0.05, 0.1) is 0 Å². The first kappa shape index (κ1) is 11.9. The molecule has 0 unspecified atom stereocenters. The fraction of sp³-hybridized carbons (Fsp3) is 0.273. The summed E-state index contributed by atoms with van der Waals surface area (Å²) in [6.45, 7) is 3.81. The van der Waals surface area contributed by atoms with E-state index in [1.807, 2.05) is 19.9 Å². The van der Waals surface area contributed by atoms with Crippen molar-refractivity contribution in [2.24, 2.45) is 7.05 Å². The molecule has 0 N–H and O–H groups in total. The summed E-state index contributed by atoms with van der Waals surface area (Å²) in [6, 6.07) is 1.93. The highest BCUT2D eigenvalue weighted by Crippen LogP contribution is 2.18. The smallest absolute Gasteiger partial charge is 0.232 e. The third kappa shape index (κ3) is 2.12. The van der Waals surface area contributed by atoms with Crippen LogP contribution in [0.15, 0.2) is 16.9 Å². The van der Waals surface area contributed by atoms with E-state index in [-0.39, 0.29) is 5.78 Å². The van der Waals surface area contributed by atoms with E-state index < -0.39 is 0 Å². The number of carbonyl (C=O) groups is 1. The molecule has 5 nitrogen and oxygen atoms in total. The zero-order valence-corrected chi connectivity index (χ0v) is 11.3. The molecule has 2 aromatic heterocycles. The summed E-state index contributed by atoms with van der Waals surface area (Å²) in [5, 5.41) is 7.57. The van der Waals surface area contributed by atoms with Crippen LogP contribution in [0, 0.1) is 13.8 Å². The maximum absolute atomic E-state index is 12.3. The summed E-state index contributed by atoms with van der Waals surface area (Å²) >= 11 is 3.21. The molecule has 17 heavy (non-hydrogen) atoms. The minimum Gasteiger partial charge on any atom is -0.285 e. The average molecular weight is 295 g/mol. The molecule has 0 amide bonds. The highest BCUT2D eigenvalue weighted by molar-refractivity contribution is 9.10. The highest BCUT2D eigenvalue weighted by Gasteiger charge is 2.21. The van der Waals surface area contributed by atoms with E-state index in [1.54, 1.807) is 13.2 Å². The van der Waals surface area contributed by atoms with Gasteiger partial charge >= 0.3 is 0 Å². The minimum absolute atomic E-state index is 0.179. The van der Waals surface area contributed by atoms with Gasteiger partial charge in [-0.3, -0.25) is 9.78 Å². The van der Waals surface area contributed by atoms with Gasteiger partial charge < -0.3 is 0 Å². The molecule has 2 aromatic rings. The van der Waals surface area contributed by atoms with Gasteiger partial charge in [0, 0.05) is 13.2 Å². The van der Waals surface area contributed by atoms with Gasteiger partial charge in [-0.2, -0.15) is 0 Å². The largest absolute Gasteiger partial charge is 0.285 e. The van der Waals surface area contributed by atoms with E-state index in [1.165, 1.54) is 4.68 Å². The van der Waals surface area contributed by atoms with E-state index >= 15 is 0 Å². The second-order valence-electron chi connectivity index (χ2n) is 3.86. The Labute approximate surface area is 107 Å². The van der Waals surface area contributed by atoms with Crippen molar-refractivity contribution in [3.8, 4) is 0 Å². The third-order valence-electron chi connectivity index (χ3n) is 2.43. The molecule has 0 aromatic carbocycles. The quantitative estimate of drug-likeness (QED) is 0.793. The van der Waals surface area contributed by atoms with Crippen LogP contribution in [0.2, 0.25) is 0 Å². The van der Waals surface area contributed by atoms with Gasteiger partial charge in [0.15, 0.2) is 4.60 Å². The Hall–Kier alpha value is -1.56. The van der Waals surface area contributed by atoms with Crippen molar-refractivity contribution in [2.75, 3.05) is 0 Å². The Balaban J connectivity index is 2.51. The van der Waals surface area contributed by atoms with Crippen molar-refractivity contribution < 1.29 is 4.79 Å². The summed E-state index contributed by atoms with van der Waals surface area (Å²) in [4.78, 5) is 16.5. The fourth-order valence-corrected chi connectivity index (χ4v) is 2.15. The SMILES string of the molecule is Cc1cnc(C(=O)c2c(Br)nnn2C)c(C)c1. The molecule has 2 rings (SSSR count). The number of pyridine rings is 1. The van der Waals surface area contributed by atoms with Crippen LogP contribution in [0.25, 0.3) is 0 Å². The third-order valence-corrected chi connectivity index (χ3v) is 2.96. The molecule has 0 fully saturated rings. The van der Waals surface area contributed by atoms with Gasteiger partial charge in [0.2, 0.25) is 5.78 Å². The van der Waals surface area contributed by atoms with Crippen LogP contribution in [0.1, 0.15) is 27.3 Å². The summed E-state index contributed by atoms with van der Waals surface area (Å²) < 4.78 is 1.87. The lowest BCUT2D eigenvalue weighted by Crippen LogP contribution is -2.12. The van der Waals surface area contributed by atoms with Crippen LogP contribution >= 0.6 is 15.9 Å². The number of ketones is 1. The summed E-state index contributed by atoms with van der Waals surface area (Å²) in [5.74, 6) is -0.179. The van der Waals surface area contributed by atoms with E-state index in [4.69, 9.17) is 0 Å². The number of hydrogen-bond donors (Lipinski definition) is 0. The number of hydrogen-bond acceptors (Lipinski definition) is 4. The van der Waals surface area contributed by atoms with Crippen molar-refractivity contribution in [3.63, 3.8) is 0 Å². The lowest BCUT2D eigenvalue weighted by Gasteiger charge is -2.04. The normalized spacial score (nSPS) is 10.6. The predicted molar refractivity (Wildman–Crippen MR) is 65.8 cm³/mol. The first-order chi connectivity index (χ1) is 8.00. The Morgan fingerprint density at radius 3 is 2.65 bits per heavy atom. The number of aryl methyl sites for hydroxylation is 3. The molecule has 0 aliphatic carbocycles. The number of rotatable bonds is 2. The van der Waals surface area contributed by atoms with Gasteiger partial charge in [-0.1, -0.05) is 11.3 Å². The van der Waals surface area contributed by atoms with Crippen molar-refractivity contribution in [1.82, 2.24) is 20.0 Å². The first-order valence-corrected chi connectivity index (χ1v) is 5.83. The first-order valence-electron chi connectivity index (χ1n) is 5.04. The molecule has 0 aliphatic rings. The van der Waals surface area contributed by atoms with Gasteiger partial charge in [0.1, 0.15) is 11.4 Å². The van der Waals surface area contributed by atoms with E-state index in [0.29, 0.717) is 16.0 Å². The molecule has 0 bridgehead atoms. The van der Waals surface area contributed by atoms with Crippen molar-refractivity contribution >= 4 is 21.7 Å². The number of nitrogens with zero attached hydrogens (tertiary/aromatic N) is 4. The number of aromatic nitrogens is 4. The van der Waals surface area contributed by atoms with Gasteiger partial charge in [0.25, 0.3) is 0 Å². The monoisotopic (exact) mass is 294 g/mol. The van der Waals surface area contributed by atoms with Gasteiger partial charge in [-0.25, -0.2) is 4.68 Å². The van der Waals surface area contributed by atoms with E-state index in [2.05, 4.69) is 31.2 Å². The van der Waals surface area contributed by atoms with Crippen LogP contribution in [0.4, 0.5) is 0 Å². The van der Waals surface area contributed by atoms with E-state index in [9.17, 15) is 4.79 Å². The fourth-order valence-electron chi connectivity index (χ4n) is 1.64. The van der Waals surface area contributed by atoms with E-state index in [0.717, 1.165) is 11.1 Å². The molecular weight excluding hydrogens is 284 g/mol. The Morgan fingerprint density at radius 2 is 2.12 bits per heavy atom. The zero-order valence-electron chi connectivity index (χ0n) is 9.73. The predicted octanol–water partition coefficient (Wildman–Crippen LogP) is 1.82. The second-order valence-corrected chi connectivity index (χ2v) is 4.61. The lowest BCUT2D eigenvalue weighted by molar-refractivity contribution is 0.102. The summed E-state index contributed by atoms with van der Waals surface area (Å²) in [7, 11) is 1.68. The maximum Gasteiger partial charge on any atom is 0.232 e. The Morgan fingerprint density at radius 1 is 1.41 bits per heavy atom. The topological polar surface area (TPSA) is 60.7 Å². The minimum atomic E-state index is -0.179. The number of halogens is 1. The molecule has 0 radical (unpaired) electrons. The molecule has 0 saturated heterocycles. The molecule has 2 heterocycles. The van der Waals surface area contributed by atoms with Crippen molar-refractivity contribution in [2.45, 2.75) is 13.8 Å². The molecular formula is C11H11BrN4O. The molecule has 0 atom stereocenters. The average Bonchev–Trinajstić information content (AvgIpc) is 2.58. The summed E-state index contributed by atoms with van der Waals surface area (Å²) in [5.41, 5.74) is 2.72. The summed E-state index contributed by atoms with van der Waals surface area (Å²) in [6.07, 6.45) is 1.68. The molecule has 0 spiro atoms. The number of carbonyl (C=O) groups excluding carboxylic acids is 1. The zero-order chi connectivity index (χ0) is 12.6. The van der Waals surface area contributed by atoms with Gasteiger partial charge in [-0.05, 0) is 40.9 Å². The van der Waals surface area contributed by atoms with Crippen LogP contribution < -0.4 is 0 Å². The Bertz CT molecular complexity index is 572. The maximum atomic E-state index is 12.3. The molecule has 6 heteroatoms. The second kappa shape index (κ2) is 4.37. The van der Waals surface area contributed by atoms with Crippen LogP contribution in [-0.2, 0) is 7.05 Å². The molecule has 0 saturated carbocycles. The lowest BCUT2D eigenvalue weighted by atomic mass is 10.1. The van der Waals surface area contributed by atoms with Crippen LogP contribution in [0.3, 0.4) is 0 Å². The van der Waals surface area contributed by atoms with Crippen LogP contribution in [0.5, 0.6) is 0 Å². The molecule has 88 valence electrons.